The number of hydrogen-bond donors (Lipinski definition) is 2. The summed E-state index contributed by atoms with van der Waals surface area (Å²) in [7, 11) is 0. The summed E-state index contributed by atoms with van der Waals surface area (Å²) < 4.78 is 1.99. The third kappa shape index (κ3) is 3.84. The van der Waals surface area contributed by atoms with Gasteiger partial charge in [-0.2, -0.15) is 0 Å². The fraction of sp³-hybridized carbons (Fsp3) is 0.100. The van der Waals surface area contributed by atoms with Gasteiger partial charge in [-0.3, -0.25) is 4.79 Å². The van der Waals surface area contributed by atoms with Crippen LogP contribution in [0.4, 0.5) is 0 Å². The number of imidazole rings is 1. The van der Waals surface area contributed by atoms with Crippen molar-refractivity contribution >= 4 is 40.0 Å². The number of carbonyl (C=O) groups is 1. The van der Waals surface area contributed by atoms with E-state index in [0.29, 0.717) is 22.3 Å². The average molecular weight is 399 g/mol. The summed E-state index contributed by atoms with van der Waals surface area (Å²) in [5.41, 5.74) is 3.26. The Labute approximate surface area is 165 Å². The Morgan fingerprint density at radius 1 is 1.15 bits per heavy atom. The number of aromatic amines is 1. The molecule has 4 rings (SSSR count). The zero-order chi connectivity index (χ0) is 18.8. The Balaban J connectivity index is 1.47. The monoisotopic (exact) mass is 398 g/mol. The first-order chi connectivity index (χ1) is 13.1. The molecule has 0 saturated carbocycles. The van der Waals surface area contributed by atoms with Gasteiger partial charge in [-0.15, -0.1) is 0 Å². The van der Waals surface area contributed by atoms with Crippen molar-refractivity contribution in [2.24, 2.45) is 0 Å². The number of H-pyrrole nitrogens is 1. The van der Waals surface area contributed by atoms with Crippen molar-refractivity contribution in [2.75, 3.05) is 0 Å². The molecule has 0 fully saturated rings. The molecule has 0 aliphatic heterocycles. The molecule has 5 nitrogen and oxygen atoms in total. The Kier molecular flexibility index (Phi) is 4.88. The van der Waals surface area contributed by atoms with Crippen LogP contribution in [0.5, 0.6) is 0 Å². The van der Waals surface area contributed by atoms with E-state index in [1.165, 1.54) is 0 Å². The van der Waals surface area contributed by atoms with Crippen molar-refractivity contribution in [3.8, 4) is 0 Å². The van der Waals surface area contributed by atoms with Gasteiger partial charge in [0.15, 0.2) is 0 Å². The maximum Gasteiger partial charge on any atom is 0.269 e. The maximum absolute atomic E-state index is 12.6. The van der Waals surface area contributed by atoms with E-state index < -0.39 is 0 Å². The summed E-state index contributed by atoms with van der Waals surface area (Å²) in [5.74, 6) is -0.257. The summed E-state index contributed by atoms with van der Waals surface area (Å²) in [6, 6.07) is 13.4. The van der Waals surface area contributed by atoms with Gasteiger partial charge in [-0.1, -0.05) is 47.5 Å². The second kappa shape index (κ2) is 7.47. The lowest BCUT2D eigenvalue weighted by atomic mass is 10.1. The van der Waals surface area contributed by atoms with Crippen LogP contribution >= 0.6 is 23.2 Å². The number of amides is 1. The Morgan fingerprint density at radius 2 is 2.00 bits per heavy atom. The van der Waals surface area contributed by atoms with Gasteiger partial charge in [0.25, 0.3) is 5.91 Å². The topological polar surface area (TPSA) is 62.7 Å². The van der Waals surface area contributed by atoms with Crippen LogP contribution < -0.4 is 5.32 Å². The molecule has 0 aliphatic rings. The molecule has 2 N–H and O–H groups in total. The van der Waals surface area contributed by atoms with E-state index in [9.17, 15) is 4.79 Å². The van der Waals surface area contributed by atoms with Crippen LogP contribution in [-0.4, -0.2) is 20.4 Å². The van der Waals surface area contributed by atoms with E-state index in [4.69, 9.17) is 23.2 Å². The molecule has 4 aromatic rings. The molecule has 7 heteroatoms. The number of hydrogen-bond acceptors (Lipinski definition) is 2. The zero-order valence-electron chi connectivity index (χ0n) is 14.2. The summed E-state index contributed by atoms with van der Waals surface area (Å²) in [6.45, 7) is 1.14. The average Bonchev–Trinajstić information content (AvgIpc) is 3.28. The number of aromatic nitrogens is 3. The van der Waals surface area contributed by atoms with Gasteiger partial charge in [-0.25, -0.2) is 4.98 Å². The molecule has 27 heavy (non-hydrogen) atoms. The molecule has 0 unspecified atom stereocenters. The molecular formula is C20H16Cl2N4O. The first kappa shape index (κ1) is 17.6. The van der Waals surface area contributed by atoms with Crippen molar-refractivity contribution in [1.82, 2.24) is 19.9 Å². The molecule has 2 heterocycles. The van der Waals surface area contributed by atoms with Crippen LogP contribution in [-0.2, 0) is 13.1 Å². The van der Waals surface area contributed by atoms with Crippen LogP contribution in [0.2, 0.25) is 10.0 Å². The first-order valence-corrected chi connectivity index (χ1v) is 9.14. The molecule has 0 atom stereocenters. The van der Waals surface area contributed by atoms with E-state index in [1.807, 2.05) is 29.0 Å². The number of benzene rings is 2. The second-order valence-corrected chi connectivity index (χ2v) is 7.06. The lowest BCUT2D eigenvalue weighted by Crippen LogP contribution is -2.23. The summed E-state index contributed by atoms with van der Waals surface area (Å²) >= 11 is 12.4. The Bertz CT molecular complexity index is 1100. The van der Waals surface area contributed by atoms with Gasteiger partial charge in [0.2, 0.25) is 0 Å². The highest BCUT2D eigenvalue weighted by atomic mass is 35.5. The molecular weight excluding hydrogens is 383 g/mol. The van der Waals surface area contributed by atoms with Gasteiger partial charge in [0, 0.05) is 41.4 Å². The summed E-state index contributed by atoms with van der Waals surface area (Å²) in [6.07, 6.45) is 5.44. The molecule has 0 spiro atoms. The van der Waals surface area contributed by atoms with Crippen LogP contribution in [0, 0.1) is 0 Å². The number of nitrogens with zero attached hydrogens (tertiary/aromatic N) is 2. The minimum atomic E-state index is -0.257. The third-order valence-electron chi connectivity index (χ3n) is 4.29. The number of halogens is 2. The number of nitrogens with one attached hydrogen (secondary N) is 2. The number of carbonyl (C=O) groups excluding carboxylic acids is 1. The molecule has 0 radical (unpaired) electrons. The van der Waals surface area contributed by atoms with E-state index in [-0.39, 0.29) is 5.91 Å². The number of rotatable bonds is 5. The molecule has 2 aromatic heterocycles. The SMILES string of the molecule is O=C(NCc1cccc(Cn2ccnc2)c1)c1[nH]c2ccc(Cl)cc2c1Cl. The minimum Gasteiger partial charge on any atom is -0.349 e. The lowest BCUT2D eigenvalue weighted by molar-refractivity contribution is 0.0947. The van der Waals surface area contributed by atoms with Crippen molar-refractivity contribution in [2.45, 2.75) is 13.1 Å². The zero-order valence-corrected chi connectivity index (χ0v) is 15.8. The van der Waals surface area contributed by atoms with Gasteiger partial charge in [0.05, 0.1) is 11.3 Å². The van der Waals surface area contributed by atoms with E-state index >= 15 is 0 Å². The van der Waals surface area contributed by atoms with Gasteiger partial charge in [0.1, 0.15) is 5.69 Å². The number of fused-ring (bicyclic) bond motifs is 1. The quantitative estimate of drug-likeness (QED) is 0.513. The van der Waals surface area contributed by atoms with Crippen LogP contribution in [0.25, 0.3) is 10.9 Å². The largest absolute Gasteiger partial charge is 0.349 e. The predicted octanol–water partition coefficient (Wildman–Crippen LogP) is 4.65. The van der Waals surface area contributed by atoms with Gasteiger partial charge >= 0.3 is 0 Å². The predicted molar refractivity (Wildman–Crippen MR) is 107 cm³/mol. The highest BCUT2D eigenvalue weighted by Gasteiger charge is 2.16. The fourth-order valence-electron chi connectivity index (χ4n) is 2.99. The fourth-order valence-corrected chi connectivity index (χ4v) is 3.45. The maximum atomic E-state index is 12.6. The van der Waals surface area contributed by atoms with Crippen LogP contribution in [0.3, 0.4) is 0 Å². The smallest absolute Gasteiger partial charge is 0.269 e. The normalized spacial score (nSPS) is 11.0. The highest BCUT2D eigenvalue weighted by Crippen LogP contribution is 2.29. The highest BCUT2D eigenvalue weighted by molar-refractivity contribution is 6.39. The molecule has 136 valence electrons. The van der Waals surface area contributed by atoms with Crippen molar-refractivity contribution < 1.29 is 4.79 Å². The first-order valence-electron chi connectivity index (χ1n) is 8.38. The second-order valence-electron chi connectivity index (χ2n) is 6.24. The molecule has 0 aliphatic carbocycles. The lowest BCUT2D eigenvalue weighted by Gasteiger charge is -2.08. The van der Waals surface area contributed by atoms with E-state index in [2.05, 4.69) is 21.4 Å². The standard InChI is InChI=1S/C20H16Cl2N4O/c21-15-4-5-17-16(9-15)18(22)19(25-17)20(27)24-10-13-2-1-3-14(8-13)11-26-7-6-23-12-26/h1-9,12,25H,10-11H2,(H,24,27). The molecule has 0 bridgehead atoms. The molecule has 0 saturated heterocycles. The van der Waals surface area contributed by atoms with E-state index in [0.717, 1.165) is 28.6 Å². The molecule has 2 aromatic carbocycles. The van der Waals surface area contributed by atoms with E-state index in [1.54, 1.807) is 30.7 Å². The minimum absolute atomic E-state index is 0.257. The van der Waals surface area contributed by atoms with Gasteiger partial charge in [-0.05, 0) is 29.3 Å². The van der Waals surface area contributed by atoms with Crippen molar-refractivity contribution in [3.05, 3.63) is 88.1 Å². The Morgan fingerprint density at radius 3 is 2.81 bits per heavy atom. The Hall–Kier alpha value is -2.76. The summed E-state index contributed by atoms with van der Waals surface area (Å²) in [4.78, 5) is 19.7. The molecule has 1 amide bonds. The summed E-state index contributed by atoms with van der Waals surface area (Å²) in [5, 5.41) is 4.59. The van der Waals surface area contributed by atoms with Crippen LogP contribution in [0.15, 0.2) is 61.2 Å². The third-order valence-corrected chi connectivity index (χ3v) is 4.92. The van der Waals surface area contributed by atoms with Gasteiger partial charge < -0.3 is 14.9 Å². The van der Waals surface area contributed by atoms with Crippen LogP contribution in [0.1, 0.15) is 21.6 Å². The van der Waals surface area contributed by atoms with Crippen molar-refractivity contribution in [1.29, 1.82) is 0 Å². The van der Waals surface area contributed by atoms with Crippen molar-refractivity contribution in [3.63, 3.8) is 0 Å².